The van der Waals surface area contributed by atoms with Gasteiger partial charge in [-0.15, -0.1) is 0 Å². The van der Waals surface area contributed by atoms with Gasteiger partial charge in [-0.25, -0.2) is 9.59 Å². The molecule has 0 saturated carbocycles. The number of esters is 2. The molecule has 0 aliphatic carbocycles. The molecule has 0 bridgehead atoms. The SMILES string of the molecule is COC(=O)/C(=C/c1ccc(N(C)Cc2c(C(=O)Oc3ccc(C(C)(C)C)cc3CC(C)C)cc(CC(C)C)c(O)c2CC(C)C)cc1)C(C)=O. The van der Waals surface area contributed by atoms with E-state index in [9.17, 15) is 19.5 Å². The Kier molecular flexibility index (Phi) is 13.6. The first-order valence-corrected chi connectivity index (χ1v) is 17.7. The van der Waals surface area contributed by atoms with Crippen LogP contribution in [0.4, 0.5) is 5.69 Å². The van der Waals surface area contributed by atoms with Crippen LogP contribution in [0.25, 0.3) is 6.08 Å². The van der Waals surface area contributed by atoms with Crippen LogP contribution >= 0.6 is 0 Å². The Labute approximate surface area is 299 Å². The zero-order valence-electron chi connectivity index (χ0n) is 32.2. The fourth-order valence-electron chi connectivity index (χ4n) is 6.05. The van der Waals surface area contributed by atoms with Crippen molar-refractivity contribution in [3.63, 3.8) is 0 Å². The van der Waals surface area contributed by atoms with E-state index in [1.54, 1.807) is 0 Å². The molecule has 3 rings (SSSR count). The van der Waals surface area contributed by atoms with Crippen LogP contribution in [0.5, 0.6) is 11.5 Å². The summed E-state index contributed by atoms with van der Waals surface area (Å²) in [7, 11) is 3.18. The first kappa shape index (κ1) is 40.0. The van der Waals surface area contributed by atoms with E-state index >= 15 is 0 Å². The van der Waals surface area contributed by atoms with Crippen LogP contribution in [-0.2, 0) is 45.5 Å². The van der Waals surface area contributed by atoms with Gasteiger partial charge in [-0.05, 0) is 108 Å². The van der Waals surface area contributed by atoms with Gasteiger partial charge in [-0.1, -0.05) is 86.6 Å². The third-order valence-electron chi connectivity index (χ3n) is 8.64. The van der Waals surface area contributed by atoms with Crippen LogP contribution in [-0.4, -0.2) is 37.0 Å². The summed E-state index contributed by atoms with van der Waals surface area (Å²) in [5.41, 5.74) is 6.29. The molecule has 0 amide bonds. The van der Waals surface area contributed by atoms with Gasteiger partial charge in [0.1, 0.15) is 17.1 Å². The van der Waals surface area contributed by atoms with E-state index < -0.39 is 11.9 Å². The molecule has 0 fully saturated rings. The second-order valence-electron chi connectivity index (χ2n) is 15.7. The highest BCUT2D eigenvalue weighted by atomic mass is 16.5. The standard InChI is InChI=1S/C43H57NO6/c1-26(2)19-31-23-33(43(8,9)10)15-18-39(31)50-42(48)37-24-32(20-27(3)4)40(46)36(21-28(5)6)38(37)25-44(11)34-16-13-30(14-17-34)22-35(29(7)45)41(47)49-12/h13-18,22-24,26-28,46H,19-21,25H2,1-12H3/b35-22+. The van der Waals surface area contributed by atoms with Crippen LogP contribution in [0.3, 0.4) is 0 Å². The average Bonchev–Trinajstić information content (AvgIpc) is 3.02. The molecule has 270 valence electrons. The number of Topliss-reactive ketones (excluding diaryl/α,β-unsaturated/α-hetero) is 1. The third kappa shape index (κ3) is 10.6. The van der Waals surface area contributed by atoms with Crippen LogP contribution in [0.1, 0.15) is 113 Å². The highest BCUT2D eigenvalue weighted by Gasteiger charge is 2.26. The van der Waals surface area contributed by atoms with Crippen LogP contribution in [0.15, 0.2) is 54.1 Å². The number of rotatable bonds is 14. The van der Waals surface area contributed by atoms with Gasteiger partial charge in [-0.3, -0.25) is 4.79 Å². The van der Waals surface area contributed by atoms with Crippen LogP contribution in [0, 0.1) is 17.8 Å². The number of carbonyl (C=O) groups is 3. The van der Waals surface area contributed by atoms with Crippen molar-refractivity contribution < 1.29 is 29.0 Å². The predicted molar refractivity (Wildman–Crippen MR) is 203 cm³/mol. The van der Waals surface area contributed by atoms with Crippen LogP contribution < -0.4 is 9.64 Å². The minimum atomic E-state index is -0.682. The van der Waals surface area contributed by atoms with Crippen molar-refractivity contribution in [3.8, 4) is 11.5 Å². The number of hydrogen-bond acceptors (Lipinski definition) is 7. The van der Waals surface area contributed by atoms with E-state index in [1.807, 2.05) is 54.4 Å². The van der Waals surface area contributed by atoms with E-state index in [0.717, 1.165) is 34.4 Å². The Hall–Kier alpha value is -4.39. The molecule has 7 heteroatoms. The first-order chi connectivity index (χ1) is 23.3. The fourth-order valence-corrected chi connectivity index (χ4v) is 6.05. The molecule has 0 atom stereocenters. The molecule has 0 unspecified atom stereocenters. The summed E-state index contributed by atoms with van der Waals surface area (Å²) >= 11 is 0. The van der Waals surface area contributed by atoms with Gasteiger partial charge >= 0.3 is 11.9 Å². The molecule has 0 saturated heterocycles. The predicted octanol–water partition coefficient (Wildman–Crippen LogP) is 9.29. The topological polar surface area (TPSA) is 93.1 Å². The van der Waals surface area contributed by atoms with E-state index in [1.165, 1.54) is 25.7 Å². The molecular formula is C43H57NO6. The Morgan fingerprint density at radius 3 is 1.92 bits per heavy atom. The molecule has 0 aliphatic rings. The quantitative estimate of drug-likeness (QED) is 0.0595. The minimum Gasteiger partial charge on any atom is -0.507 e. The molecule has 0 spiro atoms. The number of phenolic OH excluding ortho intramolecular Hbond substituents is 1. The van der Waals surface area contributed by atoms with Crippen molar-refractivity contribution in [1.29, 1.82) is 0 Å². The maximum Gasteiger partial charge on any atom is 0.343 e. The smallest absolute Gasteiger partial charge is 0.343 e. The van der Waals surface area contributed by atoms with Gasteiger partial charge < -0.3 is 19.5 Å². The van der Waals surface area contributed by atoms with Crippen molar-refractivity contribution in [1.82, 2.24) is 0 Å². The number of methoxy groups -OCH3 is 1. The Bertz CT molecular complexity index is 1710. The van der Waals surface area contributed by atoms with Crippen molar-refractivity contribution in [3.05, 3.63) is 93.0 Å². The molecule has 3 aromatic carbocycles. The number of carbonyl (C=O) groups excluding carboxylic acids is 3. The highest BCUT2D eigenvalue weighted by Crippen LogP contribution is 2.36. The van der Waals surface area contributed by atoms with Crippen molar-refractivity contribution in [2.24, 2.45) is 17.8 Å². The Morgan fingerprint density at radius 1 is 0.820 bits per heavy atom. The fraction of sp³-hybridized carbons (Fsp3) is 0.465. The monoisotopic (exact) mass is 683 g/mol. The number of ketones is 1. The summed E-state index contributed by atoms with van der Waals surface area (Å²) in [6, 6.07) is 15.4. The zero-order chi connectivity index (χ0) is 37.5. The summed E-state index contributed by atoms with van der Waals surface area (Å²) < 4.78 is 11.0. The second-order valence-corrected chi connectivity index (χ2v) is 15.7. The van der Waals surface area contributed by atoms with Crippen LogP contribution in [0.2, 0.25) is 0 Å². The summed E-state index contributed by atoms with van der Waals surface area (Å²) in [6.45, 7) is 20.9. The lowest BCUT2D eigenvalue weighted by Gasteiger charge is -2.26. The normalized spacial score (nSPS) is 12.1. The molecule has 50 heavy (non-hydrogen) atoms. The zero-order valence-corrected chi connectivity index (χ0v) is 32.2. The number of nitrogens with zero attached hydrogens (tertiary/aromatic N) is 1. The molecule has 1 N–H and O–H groups in total. The summed E-state index contributed by atoms with van der Waals surface area (Å²) in [4.78, 5) is 40.5. The van der Waals surface area contributed by atoms with E-state index in [-0.39, 0.29) is 34.4 Å². The van der Waals surface area contributed by atoms with Gasteiger partial charge in [0.05, 0.1) is 12.7 Å². The number of phenols is 1. The lowest BCUT2D eigenvalue weighted by atomic mass is 9.85. The summed E-state index contributed by atoms with van der Waals surface area (Å²) in [5, 5.41) is 11.7. The first-order valence-electron chi connectivity index (χ1n) is 17.7. The molecule has 0 heterocycles. The molecular weight excluding hydrogens is 626 g/mol. The van der Waals surface area contributed by atoms with E-state index in [4.69, 9.17) is 9.47 Å². The molecule has 0 radical (unpaired) electrons. The Balaban J connectivity index is 2.14. The lowest BCUT2D eigenvalue weighted by Crippen LogP contribution is -2.23. The average molecular weight is 684 g/mol. The van der Waals surface area contributed by atoms with Crippen molar-refractivity contribution in [2.45, 2.75) is 100 Å². The maximum atomic E-state index is 14.3. The number of hydrogen-bond donors (Lipinski definition) is 1. The summed E-state index contributed by atoms with van der Waals surface area (Å²) in [6.07, 6.45) is 3.49. The molecule has 0 aliphatic heterocycles. The second kappa shape index (κ2) is 17.0. The van der Waals surface area contributed by atoms with Gasteiger partial charge in [-0.2, -0.15) is 0 Å². The van der Waals surface area contributed by atoms with Gasteiger partial charge in [0, 0.05) is 24.8 Å². The minimum absolute atomic E-state index is 0.0309. The highest BCUT2D eigenvalue weighted by molar-refractivity contribution is 6.19. The molecule has 7 nitrogen and oxygen atoms in total. The molecule has 0 aromatic heterocycles. The van der Waals surface area contributed by atoms with E-state index in [0.29, 0.717) is 42.2 Å². The number of anilines is 1. The molecule has 3 aromatic rings. The van der Waals surface area contributed by atoms with Gasteiger partial charge in [0.2, 0.25) is 0 Å². The van der Waals surface area contributed by atoms with E-state index in [2.05, 4.69) is 68.4 Å². The number of ether oxygens (including phenoxy) is 2. The third-order valence-corrected chi connectivity index (χ3v) is 8.64. The van der Waals surface area contributed by atoms with Crippen molar-refractivity contribution in [2.75, 3.05) is 19.1 Å². The Morgan fingerprint density at radius 2 is 1.40 bits per heavy atom. The number of benzene rings is 3. The maximum absolute atomic E-state index is 14.3. The largest absolute Gasteiger partial charge is 0.507 e. The van der Waals surface area contributed by atoms with Crippen molar-refractivity contribution >= 4 is 29.5 Å². The lowest BCUT2D eigenvalue weighted by molar-refractivity contribution is -0.137. The summed E-state index contributed by atoms with van der Waals surface area (Å²) in [5.74, 6) is 0.146. The van der Waals surface area contributed by atoms with Gasteiger partial charge in [0.15, 0.2) is 5.78 Å². The number of aromatic hydroxyl groups is 1. The van der Waals surface area contributed by atoms with Gasteiger partial charge in [0.25, 0.3) is 0 Å².